The van der Waals surface area contributed by atoms with E-state index in [-0.39, 0.29) is 23.8 Å². The second-order valence-electron chi connectivity index (χ2n) is 8.49. The molecule has 2 aromatic carbocycles. The number of hydrogen-bond donors (Lipinski definition) is 1. The molecule has 1 aliphatic heterocycles. The van der Waals surface area contributed by atoms with E-state index >= 15 is 0 Å². The third-order valence-electron chi connectivity index (χ3n) is 6.43. The maximum Gasteiger partial charge on any atom is 0.225 e. The molecule has 0 aliphatic carbocycles. The molecule has 7 heteroatoms. The molecule has 1 fully saturated rings. The van der Waals surface area contributed by atoms with Gasteiger partial charge in [-0.3, -0.25) is 9.59 Å². The number of rotatable bonds is 11. The first-order valence-electron chi connectivity index (χ1n) is 11.9. The number of nitrogens with zero attached hydrogens (tertiary/aromatic N) is 1. The molecule has 7 nitrogen and oxygen atoms in total. The molecule has 2 unspecified atom stereocenters. The van der Waals surface area contributed by atoms with Crippen LogP contribution >= 0.6 is 0 Å². The van der Waals surface area contributed by atoms with Gasteiger partial charge in [0.25, 0.3) is 0 Å². The van der Waals surface area contributed by atoms with E-state index in [0.29, 0.717) is 38.1 Å². The van der Waals surface area contributed by atoms with Crippen molar-refractivity contribution in [2.45, 2.75) is 45.1 Å². The molecule has 0 radical (unpaired) electrons. The lowest BCUT2D eigenvalue weighted by Crippen LogP contribution is -2.48. The molecule has 2 aromatic rings. The first-order chi connectivity index (χ1) is 16.5. The van der Waals surface area contributed by atoms with E-state index in [1.165, 1.54) is 0 Å². The number of carbonyl (C=O) groups excluding carboxylic acids is 2. The van der Waals surface area contributed by atoms with Gasteiger partial charge in [-0.2, -0.15) is 0 Å². The Morgan fingerprint density at radius 1 is 1.06 bits per heavy atom. The third kappa shape index (κ3) is 5.82. The van der Waals surface area contributed by atoms with Gasteiger partial charge in [0.2, 0.25) is 11.8 Å². The predicted molar refractivity (Wildman–Crippen MR) is 131 cm³/mol. The fourth-order valence-electron chi connectivity index (χ4n) is 4.64. The molecular weight excluding hydrogens is 432 g/mol. The Morgan fingerprint density at radius 2 is 1.82 bits per heavy atom. The monoisotopic (exact) mass is 468 g/mol. The smallest absolute Gasteiger partial charge is 0.225 e. The highest BCUT2D eigenvalue weighted by atomic mass is 16.5. The highest BCUT2D eigenvalue weighted by Gasteiger charge is 2.41. The molecule has 2 atom stereocenters. The Balaban J connectivity index is 1.80. The van der Waals surface area contributed by atoms with Gasteiger partial charge in [-0.25, -0.2) is 0 Å². The molecule has 0 aromatic heterocycles. The van der Waals surface area contributed by atoms with E-state index in [1.807, 2.05) is 47.4 Å². The Kier molecular flexibility index (Phi) is 9.19. The largest absolute Gasteiger partial charge is 0.497 e. The van der Waals surface area contributed by atoms with Gasteiger partial charge < -0.3 is 24.4 Å². The van der Waals surface area contributed by atoms with Crippen molar-refractivity contribution in [2.75, 3.05) is 34.4 Å². The minimum atomic E-state index is -0.352. The number of piperidine rings is 1. The molecular formula is C27H36N2O5. The van der Waals surface area contributed by atoms with E-state index in [1.54, 1.807) is 21.3 Å². The van der Waals surface area contributed by atoms with Gasteiger partial charge in [0.15, 0.2) is 0 Å². The van der Waals surface area contributed by atoms with Gasteiger partial charge >= 0.3 is 0 Å². The van der Waals surface area contributed by atoms with Gasteiger partial charge in [0.05, 0.1) is 33.3 Å². The summed E-state index contributed by atoms with van der Waals surface area (Å²) in [7, 11) is 4.88. The van der Waals surface area contributed by atoms with Crippen molar-refractivity contribution < 1.29 is 23.8 Å². The number of likely N-dealkylation sites (tertiary alicyclic amines) is 1. The summed E-state index contributed by atoms with van der Waals surface area (Å²) in [6.07, 6.45) is 3.36. The number of amides is 2. The lowest BCUT2D eigenvalue weighted by Gasteiger charge is -2.41. The summed E-state index contributed by atoms with van der Waals surface area (Å²) in [5.41, 5.74) is 1.84. The molecule has 1 aliphatic rings. The standard InChI is InChI=1S/C27H36N2O5/c1-5-6-17-29-25(30)14-12-22(26(29)21-9-7-8-10-24(21)34-4)27(31)28-16-15-19-18-20(32-2)11-13-23(19)33-3/h7-11,13,18,22,26H,5-6,12,14-17H2,1-4H3,(H,28,31). The van der Waals surface area contributed by atoms with Crippen molar-refractivity contribution in [1.29, 1.82) is 0 Å². The molecule has 0 bridgehead atoms. The Hall–Kier alpha value is -3.22. The van der Waals surface area contributed by atoms with Crippen LogP contribution in [0.15, 0.2) is 42.5 Å². The zero-order chi connectivity index (χ0) is 24.5. The van der Waals surface area contributed by atoms with Crippen LogP contribution in [0.3, 0.4) is 0 Å². The fraction of sp³-hybridized carbons (Fsp3) is 0.481. The summed E-state index contributed by atoms with van der Waals surface area (Å²) in [5, 5.41) is 3.10. The predicted octanol–water partition coefficient (Wildman–Crippen LogP) is 4.15. The van der Waals surface area contributed by atoms with Crippen molar-refractivity contribution in [3.8, 4) is 17.2 Å². The van der Waals surface area contributed by atoms with E-state index < -0.39 is 0 Å². The number of methoxy groups -OCH3 is 3. The second kappa shape index (κ2) is 12.3. The Morgan fingerprint density at radius 3 is 2.53 bits per heavy atom. The number of carbonyl (C=O) groups is 2. The van der Waals surface area contributed by atoms with Crippen LogP contribution in [0.1, 0.15) is 49.8 Å². The van der Waals surface area contributed by atoms with E-state index in [2.05, 4.69) is 12.2 Å². The molecule has 3 rings (SSSR count). The first-order valence-corrected chi connectivity index (χ1v) is 11.9. The third-order valence-corrected chi connectivity index (χ3v) is 6.43. The van der Waals surface area contributed by atoms with Crippen molar-refractivity contribution in [3.63, 3.8) is 0 Å². The first kappa shape index (κ1) is 25.4. The Labute approximate surface area is 202 Å². The fourth-order valence-corrected chi connectivity index (χ4v) is 4.64. The highest BCUT2D eigenvalue weighted by molar-refractivity contribution is 5.85. The minimum Gasteiger partial charge on any atom is -0.497 e. The highest BCUT2D eigenvalue weighted by Crippen LogP contribution is 2.40. The molecule has 1 N–H and O–H groups in total. The molecule has 2 amide bonds. The molecule has 34 heavy (non-hydrogen) atoms. The second-order valence-corrected chi connectivity index (χ2v) is 8.49. The summed E-state index contributed by atoms with van der Waals surface area (Å²) in [5.74, 6) is 1.90. The zero-order valence-corrected chi connectivity index (χ0v) is 20.6. The SMILES string of the molecule is CCCCN1C(=O)CCC(C(=O)NCCc2cc(OC)ccc2OC)C1c1ccccc1OC. The van der Waals surface area contributed by atoms with Crippen molar-refractivity contribution in [3.05, 3.63) is 53.6 Å². The van der Waals surface area contributed by atoms with Crippen molar-refractivity contribution >= 4 is 11.8 Å². The topological polar surface area (TPSA) is 77.1 Å². The van der Waals surface area contributed by atoms with Crippen LogP contribution in [0.5, 0.6) is 17.2 Å². The summed E-state index contributed by atoms with van der Waals surface area (Å²) < 4.78 is 16.4. The maximum absolute atomic E-state index is 13.4. The molecule has 184 valence electrons. The van der Waals surface area contributed by atoms with Crippen LogP contribution in [0, 0.1) is 5.92 Å². The van der Waals surface area contributed by atoms with Gasteiger partial charge in [0, 0.05) is 25.1 Å². The van der Waals surface area contributed by atoms with E-state index in [9.17, 15) is 9.59 Å². The number of ether oxygens (including phenoxy) is 3. The molecule has 0 saturated carbocycles. The van der Waals surface area contributed by atoms with Crippen molar-refractivity contribution in [2.24, 2.45) is 5.92 Å². The lowest BCUT2D eigenvalue weighted by molar-refractivity contribution is -0.143. The van der Waals surface area contributed by atoms with Crippen LogP contribution in [-0.4, -0.2) is 51.1 Å². The van der Waals surface area contributed by atoms with Gasteiger partial charge in [0.1, 0.15) is 17.2 Å². The summed E-state index contributed by atoms with van der Waals surface area (Å²) in [6.45, 7) is 3.19. The van der Waals surface area contributed by atoms with Crippen LogP contribution in [0.4, 0.5) is 0 Å². The van der Waals surface area contributed by atoms with Crippen LogP contribution in [0.25, 0.3) is 0 Å². The number of para-hydroxylation sites is 1. The number of nitrogens with one attached hydrogen (secondary N) is 1. The van der Waals surface area contributed by atoms with Crippen LogP contribution in [0.2, 0.25) is 0 Å². The number of unbranched alkanes of at least 4 members (excludes halogenated alkanes) is 1. The molecule has 0 spiro atoms. The maximum atomic E-state index is 13.4. The normalized spacial score (nSPS) is 17.9. The zero-order valence-electron chi connectivity index (χ0n) is 20.6. The Bertz CT molecular complexity index is 977. The quantitative estimate of drug-likeness (QED) is 0.536. The average Bonchev–Trinajstić information content (AvgIpc) is 2.87. The number of hydrogen-bond acceptors (Lipinski definition) is 5. The molecule has 1 saturated heterocycles. The van der Waals surface area contributed by atoms with Gasteiger partial charge in [-0.15, -0.1) is 0 Å². The van der Waals surface area contributed by atoms with Gasteiger partial charge in [-0.05, 0) is 49.1 Å². The average molecular weight is 469 g/mol. The molecule has 1 heterocycles. The van der Waals surface area contributed by atoms with E-state index in [4.69, 9.17) is 14.2 Å². The minimum absolute atomic E-state index is 0.0493. The summed E-state index contributed by atoms with van der Waals surface area (Å²) >= 11 is 0. The number of benzene rings is 2. The summed E-state index contributed by atoms with van der Waals surface area (Å²) in [6, 6.07) is 13.0. The van der Waals surface area contributed by atoms with Crippen molar-refractivity contribution in [1.82, 2.24) is 10.2 Å². The van der Waals surface area contributed by atoms with Gasteiger partial charge in [-0.1, -0.05) is 31.5 Å². The van der Waals surface area contributed by atoms with E-state index in [0.717, 1.165) is 35.5 Å². The summed E-state index contributed by atoms with van der Waals surface area (Å²) in [4.78, 5) is 28.2. The lowest BCUT2D eigenvalue weighted by atomic mass is 9.83. The van der Waals surface area contributed by atoms with Crippen LogP contribution < -0.4 is 19.5 Å². The van der Waals surface area contributed by atoms with Crippen LogP contribution in [-0.2, 0) is 16.0 Å².